The zero-order valence-corrected chi connectivity index (χ0v) is 7.47. The minimum Gasteiger partial charge on any atom is -0.481 e. The molecule has 0 aromatic heterocycles. The van der Waals surface area contributed by atoms with Crippen molar-refractivity contribution < 1.29 is 23.1 Å². The number of hydrogen-bond donors (Lipinski definition) is 2. The number of carboxylic acids is 1. The van der Waals surface area contributed by atoms with Crippen LogP contribution < -0.4 is 5.32 Å². The fraction of sp³-hybridized carbons (Fsp3) is 0.875. The van der Waals surface area contributed by atoms with Crippen molar-refractivity contribution in [3.63, 3.8) is 0 Å². The molecule has 0 saturated carbocycles. The molecule has 3 nitrogen and oxygen atoms in total. The number of halogens is 3. The smallest absolute Gasteiger partial charge is 0.403 e. The van der Waals surface area contributed by atoms with Crippen LogP contribution in [0, 0.1) is 5.92 Å². The molecular formula is C8H12F3NO2. The lowest BCUT2D eigenvalue weighted by molar-refractivity contribution is -0.162. The number of alkyl halides is 3. The van der Waals surface area contributed by atoms with Crippen molar-refractivity contribution in [2.75, 3.05) is 6.54 Å². The minimum absolute atomic E-state index is 0.0263. The van der Waals surface area contributed by atoms with E-state index in [0.29, 0.717) is 6.42 Å². The third kappa shape index (κ3) is 3.17. The summed E-state index contributed by atoms with van der Waals surface area (Å²) in [5.74, 6) is -1.13. The summed E-state index contributed by atoms with van der Waals surface area (Å²) in [7, 11) is 0. The van der Waals surface area contributed by atoms with Gasteiger partial charge in [-0.2, -0.15) is 13.2 Å². The molecule has 2 N–H and O–H groups in total. The minimum atomic E-state index is -4.21. The molecule has 0 spiro atoms. The zero-order chi connectivity index (χ0) is 10.8. The first-order valence-electron chi connectivity index (χ1n) is 4.41. The molecule has 82 valence electrons. The molecular weight excluding hydrogens is 199 g/mol. The van der Waals surface area contributed by atoms with Gasteiger partial charge in [0.05, 0.1) is 0 Å². The van der Waals surface area contributed by atoms with E-state index in [1.165, 1.54) is 0 Å². The van der Waals surface area contributed by atoms with Crippen LogP contribution in [0.15, 0.2) is 0 Å². The summed E-state index contributed by atoms with van der Waals surface area (Å²) in [6.45, 7) is 0.135. The second kappa shape index (κ2) is 4.16. The Labute approximate surface area is 79.3 Å². The van der Waals surface area contributed by atoms with E-state index in [-0.39, 0.29) is 25.3 Å². The van der Waals surface area contributed by atoms with Gasteiger partial charge in [0, 0.05) is 6.42 Å². The maximum Gasteiger partial charge on any atom is 0.403 e. The summed E-state index contributed by atoms with van der Waals surface area (Å²) in [5.41, 5.74) is 0. The second-order valence-corrected chi connectivity index (χ2v) is 3.54. The topological polar surface area (TPSA) is 49.3 Å². The van der Waals surface area contributed by atoms with Crippen molar-refractivity contribution in [3.8, 4) is 0 Å². The number of nitrogens with one attached hydrogen (secondary N) is 1. The third-order valence-corrected chi connectivity index (χ3v) is 2.37. The van der Waals surface area contributed by atoms with Gasteiger partial charge in [-0.1, -0.05) is 0 Å². The molecule has 0 aromatic rings. The molecule has 6 heteroatoms. The quantitative estimate of drug-likeness (QED) is 0.725. The lowest BCUT2D eigenvalue weighted by atomic mass is 9.92. The van der Waals surface area contributed by atoms with Crippen LogP contribution in [0.25, 0.3) is 0 Å². The highest BCUT2D eigenvalue weighted by Crippen LogP contribution is 2.28. The monoisotopic (exact) mass is 211 g/mol. The first-order valence-corrected chi connectivity index (χ1v) is 4.41. The number of aliphatic carboxylic acids is 1. The predicted octanol–water partition coefficient (Wildman–Crippen LogP) is 1.39. The van der Waals surface area contributed by atoms with Gasteiger partial charge in [0.2, 0.25) is 0 Å². The standard InChI is InChI=1S/C8H12F3NO2/c9-8(10,11)6-2-1-5(4-12-6)3-7(13)14/h5-6,12H,1-4H2,(H,13,14)/t5-,6+/m0/s1. The van der Waals surface area contributed by atoms with E-state index in [1.807, 2.05) is 0 Å². The number of carboxylic acid groups (broad SMARTS) is 1. The Balaban J connectivity index is 2.35. The van der Waals surface area contributed by atoms with Gasteiger partial charge in [0.25, 0.3) is 0 Å². The molecule has 14 heavy (non-hydrogen) atoms. The van der Waals surface area contributed by atoms with Crippen molar-refractivity contribution in [3.05, 3.63) is 0 Å². The molecule has 1 aliphatic heterocycles. The fourth-order valence-corrected chi connectivity index (χ4v) is 1.62. The first kappa shape index (κ1) is 11.3. The van der Waals surface area contributed by atoms with Gasteiger partial charge in [-0.3, -0.25) is 4.79 Å². The third-order valence-electron chi connectivity index (χ3n) is 2.37. The molecule has 0 radical (unpaired) electrons. The summed E-state index contributed by atoms with van der Waals surface area (Å²) in [6, 6.07) is -1.47. The Bertz CT molecular complexity index is 209. The van der Waals surface area contributed by atoms with Crippen LogP contribution in [0.3, 0.4) is 0 Å². The van der Waals surface area contributed by atoms with E-state index in [1.54, 1.807) is 0 Å². The van der Waals surface area contributed by atoms with E-state index in [4.69, 9.17) is 5.11 Å². The van der Waals surface area contributed by atoms with Gasteiger partial charge in [-0.25, -0.2) is 0 Å². The Hall–Kier alpha value is -0.780. The molecule has 2 atom stereocenters. The van der Waals surface area contributed by atoms with Crippen LogP contribution in [0.1, 0.15) is 19.3 Å². The highest BCUT2D eigenvalue weighted by Gasteiger charge is 2.41. The predicted molar refractivity (Wildman–Crippen MR) is 42.8 cm³/mol. The molecule has 0 amide bonds. The van der Waals surface area contributed by atoms with Crippen molar-refractivity contribution in [2.24, 2.45) is 5.92 Å². The van der Waals surface area contributed by atoms with E-state index in [9.17, 15) is 18.0 Å². The van der Waals surface area contributed by atoms with Crippen LogP contribution in [0.4, 0.5) is 13.2 Å². The van der Waals surface area contributed by atoms with Gasteiger partial charge >= 0.3 is 12.1 Å². The van der Waals surface area contributed by atoms with Gasteiger partial charge in [0.15, 0.2) is 0 Å². The van der Waals surface area contributed by atoms with Crippen LogP contribution in [0.5, 0.6) is 0 Å². The van der Waals surface area contributed by atoms with E-state index >= 15 is 0 Å². The average Bonchev–Trinajstić information content (AvgIpc) is 2.02. The van der Waals surface area contributed by atoms with Crippen LogP contribution in [0.2, 0.25) is 0 Å². The van der Waals surface area contributed by atoms with Crippen molar-refractivity contribution in [2.45, 2.75) is 31.5 Å². The number of piperidine rings is 1. The molecule has 1 saturated heterocycles. The van der Waals surface area contributed by atoms with Crippen LogP contribution in [-0.4, -0.2) is 29.8 Å². The first-order chi connectivity index (χ1) is 6.39. The summed E-state index contributed by atoms with van der Waals surface area (Å²) in [4.78, 5) is 10.3. The Morgan fingerprint density at radius 2 is 2.07 bits per heavy atom. The molecule has 0 bridgehead atoms. The van der Waals surface area contributed by atoms with Gasteiger partial charge < -0.3 is 10.4 Å². The SMILES string of the molecule is O=C(O)C[C@@H]1CC[C@H](C(F)(F)F)NC1. The average molecular weight is 211 g/mol. The Morgan fingerprint density at radius 3 is 2.43 bits per heavy atom. The normalized spacial score (nSPS) is 28.8. The van der Waals surface area contributed by atoms with E-state index in [2.05, 4.69) is 5.32 Å². The van der Waals surface area contributed by atoms with Crippen molar-refractivity contribution in [1.29, 1.82) is 0 Å². The summed E-state index contributed by atoms with van der Waals surface area (Å²) in [6.07, 6.45) is -3.98. The number of carbonyl (C=O) groups is 1. The number of rotatable bonds is 2. The fourth-order valence-electron chi connectivity index (χ4n) is 1.62. The molecule has 0 aromatic carbocycles. The molecule has 1 fully saturated rings. The second-order valence-electron chi connectivity index (χ2n) is 3.54. The molecule has 1 rings (SSSR count). The number of hydrogen-bond acceptors (Lipinski definition) is 2. The lowest BCUT2D eigenvalue weighted by Crippen LogP contribution is -2.48. The van der Waals surface area contributed by atoms with Crippen LogP contribution in [-0.2, 0) is 4.79 Å². The Kier molecular flexibility index (Phi) is 3.36. The molecule has 1 aliphatic rings. The van der Waals surface area contributed by atoms with Crippen LogP contribution >= 0.6 is 0 Å². The van der Waals surface area contributed by atoms with Gasteiger partial charge in [-0.15, -0.1) is 0 Å². The van der Waals surface area contributed by atoms with Crippen molar-refractivity contribution >= 4 is 5.97 Å². The highest BCUT2D eigenvalue weighted by molar-refractivity contribution is 5.67. The maximum absolute atomic E-state index is 12.2. The van der Waals surface area contributed by atoms with E-state index in [0.717, 1.165) is 0 Å². The summed E-state index contributed by atoms with van der Waals surface area (Å²) in [5, 5.41) is 10.8. The zero-order valence-electron chi connectivity index (χ0n) is 7.47. The van der Waals surface area contributed by atoms with Gasteiger partial charge in [-0.05, 0) is 25.3 Å². The summed E-state index contributed by atoms with van der Waals surface area (Å²) < 4.78 is 36.5. The van der Waals surface area contributed by atoms with Gasteiger partial charge in [0.1, 0.15) is 6.04 Å². The maximum atomic E-state index is 12.2. The summed E-state index contributed by atoms with van der Waals surface area (Å²) >= 11 is 0. The largest absolute Gasteiger partial charge is 0.481 e. The highest BCUT2D eigenvalue weighted by atomic mass is 19.4. The molecule has 0 unspecified atom stereocenters. The molecule has 0 aliphatic carbocycles. The molecule has 1 heterocycles. The van der Waals surface area contributed by atoms with Crippen molar-refractivity contribution in [1.82, 2.24) is 5.32 Å². The lowest BCUT2D eigenvalue weighted by Gasteiger charge is -2.30. The van der Waals surface area contributed by atoms with E-state index < -0.39 is 18.2 Å². The Morgan fingerprint density at radius 1 is 1.43 bits per heavy atom.